The van der Waals surface area contributed by atoms with Crippen molar-refractivity contribution in [2.24, 2.45) is 0 Å². The van der Waals surface area contributed by atoms with E-state index in [2.05, 4.69) is 6.58 Å². The van der Waals surface area contributed by atoms with Crippen molar-refractivity contribution in [3.8, 4) is 0 Å². The van der Waals surface area contributed by atoms with Crippen molar-refractivity contribution < 1.29 is 9.90 Å². The number of hydrogen-bond donors (Lipinski definition) is 1. The molecule has 0 amide bonds. The molecule has 2 nitrogen and oxygen atoms in total. The van der Waals surface area contributed by atoms with Crippen molar-refractivity contribution in [3.05, 3.63) is 46.5 Å². The van der Waals surface area contributed by atoms with Gasteiger partial charge in [0.25, 0.3) is 0 Å². The van der Waals surface area contributed by atoms with E-state index in [1.165, 1.54) is 6.07 Å². The predicted molar refractivity (Wildman–Crippen MR) is 61.7 cm³/mol. The van der Waals surface area contributed by atoms with Crippen LogP contribution in [0, 0.1) is 0 Å². The van der Waals surface area contributed by atoms with Crippen LogP contribution >= 0.6 is 23.2 Å². The maximum atomic E-state index is 11.0. The molecule has 0 fully saturated rings. The molecule has 4 heteroatoms. The van der Waals surface area contributed by atoms with E-state index in [4.69, 9.17) is 28.3 Å². The van der Waals surface area contributed by atoms with Gasteiger partial charge >= 0.3 is 5.97 Å². The second-order valence-electron chi connectivity index (χ2n) is 3.08. The molecule has 1 N–H and O–H groups in total. The predicted octanol–water partition coefficient (Wildman–Crippen LogP) is 3.74. The zero-order valence-corrected chi connectivity index (χ0v) is 9.42. The molecule has 15 heavy (non-hydrogen) atoms. The summed E-state index contributed by atoms with van der Waals surface area (Å²) >= 11 is 11.6. The molecule has 0 spiro atoms. The van der Waals surface area contributed by atoms with Gasteiger partial charge < -0.3 is 5.11 Å². The number of hydrogen-bond acceptors (Lipinski definition) is 1. The molecule has 0 aliphatic heterocycles. The number of carboxylic acid groups (broad SMARTS) is 1. The molecule has 0 aromatic heterocycles. The van der Waals surface area contributed by atoms with Crippen LogP contribution in [0.2, 0.25) is 10.0 Å². The van der Waals surface area contributed by atoms with Gasteiger partial charge in [-0.05, 0) is 24.1 Å². The van der Waals surface area contributed by atoms with Crippen molar-refractivity contribution in [1.82, 2.24) is 0 Å². The van der Waals surface area contributed by atoms with Crippen LogP contribution in [0.1, 0.15) is 17.9 Å². The Morgan fingerprint density at radius 2 is 2.20 bits per heavy atom. The van der Waals surface area contributed by atoms with Crippen molar-refractivity contribution >= 4 is 29.2 Å². The molecule has 80 valence electrons. The lowest BCUT2D eigenvalue weighted by atomic mass is 9.96. The SMILES string of the molecule is C=CCC(C(=O)O)c1ccc(Cl)cc1Cl. The topological polar surface area (TPSA) is 37.3 Å². The summed E-state index contributed by atoms with van der Waals surface area (Å²) in [5.41, 5.74) is 0.563. The van der Waals surface area contributed by atoms with E-state index in [0.717, 1.165) is 0 Å². The van der Waals surface area contributed by atoms with Crippen LogP contribution in [0.25, 0.3) is 0 Å². The van der Waals surface area contributed by atoms with Gasteiger partial charge in [0.1, 0.15) is 0 Å². The average molecular weight is 245 g/mol. The molecule has 1 aromatic carbocycles. The summed E-state index contributed by atoms with van der Waals surface area (Å²) in [4.78, 5) is 11.0. The summed E-state index contributed by atoms with van der Waals surface area (Å²) in [6.07, 6.45) is 1.90. The second kappa shape index (κ2) is 5.19. The summed E-state index contributed by atoms with van der Waals surface area (Å²) < 4.78 is 0. The Morgan fingerprint density at radius 3 is 2.67 bits per heavy atom. The minimum Gasteiger partial charge on any atom is -0.481 e. The quantitative estimate of drug-likeness (QED) is 0.820. The zero-order chi connectivity index (χ0) is 11.4. The Morgan fingerprint density at radius 1 is 1.53 bits per heavy atom. The van der Waals surface area contributed by atoms with E-state index in [1.807, 2.05) is 0 Å². The normalized spacial score (nSPS) is 12.1. The number of carbonyl (C=O) groups is 1. The Labute approximate surface area is 98.1 Å². The maximum Gasteiger partial charge on any atom is 0.311 e. The van der Waals surface area contributed by atoms with Crippen LogP contribution in [-0.2, 0) is 4.79 Å². The lowest BCUT2D eigenvalue weighted by molar-refractivity contribution is -0.138. The zero-order valence-electron chi connectivity index (χ0n) is 7.91. The molecule has 1 aromatic rings. The van der Waals surface area contributed by atoms with E-state index in [0.29, 0.717) is 22.0 Å². The highest BCUT2D eigenvalue weighted by Crippen LogP contribution is 2.29. The number of halogens is 2. The molecule has 0 aliphatic rings. The van der Waals surface area contributed by atoms with Gasteiger partial charge in [0.2, 0.25) is 0 Å². The number of allylic oxidation sites excluding steroid dienone is 1. The molecule has 1 rings (SSSR count). The highest BCUT2D eigenvalue weighted by Gasteiger charge is 2.20. The first kappa shape index (κ1) is 12.1. The third-order valence-electron chi connectivity index (χ3n) is 2.04. The maximum absolute atomic E-state index is 11.0. The lowest BCUT2D eigenvalue weighted by Gasteiger charge is -2.12. The molecule has 0 radical (unpaired) electrons. The molecule has 0 bridgehead atoms. The van der Waals surface area contributed by atoms with Gasteiger partial charge in [-0.2, -0.15) is 0 Å². The Kier molecular flexibility index (Phi) is 4.18. The van der Waals surface area contributed by atoms with Gasteiger partial charge in [0.15, 0.2) is 0 Å². The first-order valence-corrected chi connectivity index (χ1v) is 5.10. The molecule has 0 heterocycles. The number of aliphatic carboxylic acids is 1. The summed E-state index contributed by atoms with van der Waals surface area (Å²) in [6.45, 7) is 3.52. The summed E-state index contributed by atoms with van der Waals surface area (Å²) in [5, 5.41) is 9.88. The standard InChI is InChI=1S/C11H10Cl2O2/c1-2-3-9(11(14)15)8-5-4-7(12)6-10(8)13/h2,4-6,9H,1,3H2,(H,14,15). The van der Waals surface area contributed by atoms with E-state index < -0.39 is 11.9 Å². The second-order valence-corrected chi connectivity index (χ2v) is 3.92. The molecule has 0 saturated heterocycles. The largest absolute Gasteiger partial charge is 0.481 e. The van der Waals surface area contributed by atoms with Crippen LogP contribution in [0.5, 0.6) is 0 Å². The first-order valence-electron chi connectivity index (χ1n) is 4.35. The number of carboxylic acids is 1. The summed E-state index contributed by atoms with van der Waals surface area (Å²) in [5.74, 6) is -1.58. The third kappa shape index (κ3) is 2.98. The van der Waals surface area contributed by atoms with Crippen LogP contribution in [0.4, 0.5) is 0 Å². The van der Waals surface area contributed by atoms with Gasteiger partial charge in [0.05, 0.1) is 5.92 Å². The van der Waals surface area contributed by atoms with Crippen LogP contribution in [0.15, 0.2) is 30.9 Å². The molecule has 0 saturated carbocycles. The van der Waals surface area contributed by atoms with Crippen LogP contribution < -0.4 is 0 Å². The van der Waals surface area contributed by atoms with Crippen LogP contribution in [-0.4, -0.2) is 11.1 Å². The highest BCUT2D eigenvalue weighted by atomic mass is 35.5. The van der Waals surface area contributed by atoms with E-state index in [9.17, 15) is 4.79 Å². The van der Waals surface area contributed by atoms with Gasteiger partial charge in [-0.25, -0.2) is 0 Å². The Bertz CT molecular complexity index is 388. The van der Waals surface area contributed by atoms with Crippen molar-refractivity contribution in [2.45, 2.75) is 12.3 Å². The number of rotatable bonds is 4. The first-order chi connectivity index (χ1) is 7.06. The average Bonchev–Trinajstić information content (AvgIpc) is 2.15. The van der Waals surface area contributed by atoms with Gasteiger partial charge in [-0.1, -0.05) is 35.3 Å². The van der Waals surface area contributed by atoms with Crippen molar-refractivity contribution in [3.63, 3.8) is 0 Å². The minimum absolute atomic E-state index is 0.344. The fourth-order valence-electron chi connectivity index (χ4n) is 1.31. The van der Waals surface area contributed by atoms with Crippen molar-refractivity contribution in [1.29, 1.82) is 0 Å². The van der Waals surface area contributed by atoms with E-state index in [-0.39, 0.29) is 0 Å². The molecular formula is C11H10Cl2O2. The number of benzene rings is 1. The van der Waals surface area contributed by atoms with Gasteiger partial charge in [-0.3, -0.25) is 4.79 Å². The molecular weight excluding hydrogens is 235 g/mol. The fourth-order valence-corrected chi connectivity index (χ4v) is 1.85. The lowest BCUT2D eigenvalue weighted by Crippen LogP contribution is -2.11. The fraction of sp³-hybridized carbons (Fsp3) is 0.182. The van der Waals surface area contributed by atoms with Gasteiger partial charge in [-0.15, -0.1) is 6.58 Å². The van der Waals surface area contributed by atoms with E-state index >= 15 is 0 Å². The summed E-state index contributed by atoms with van der Waals surface area (Å²) in [6, 6.07) is 4.80. The highest BCUT2D eigenvalue weighted by molar-refractivity contribution is 6.35. The Hall–Kier alpha value is -0.990. The van der Waals surface area contributed by atoms with Crippen molar-refractivity contribution in [2.75, 3.05) is 0 Å². The minimum atomic E-state index is -0.917. The monoisotopic (exact) mass is 244 g/mol. The van der Waals surface area contributed by atoms with Crippen LogP contribution in [0.3, 0.4) is 0 Å². The molecule has 1 atom stereocenters. The van der Waals surface area contributed by atoms with Gasteiger partial charge in [0, 0.05) is 10.0 Å². The molecule has 1 unspecified atom stereocenters. The van der Waals surface area contributed by atoms with E-state index in [1.54, 1.807) is 18.2 Å². The molecule has 0 aliphatic carbocycles. The third-order valence-corrected chi connectivity index (χ3v) is 2.60. The smallest absolute Gasteiger partial charge is 0.311 e. The summed E-state index contributed by atoms with van der Waals surface area (Å²) in [7, 11) is 0. The Balaban J connectivity index is 3.10.